The first kappa shape index (κ1) is 17.3. The normalized spacial score (nSPS) is 35.7. The first-order chi connectivity index (χ1) is 13.1. The fourth-order valence-corrected chi connectivity index (χ4v) is 7.01. The Morgan fingerprint density at radius 3 is 2.52 bits per heavy atom. The van der Waals surface area contributed by atoms with Crippen molar-refractivity contribution < 1.29 is 4.79 Å². The van der Waals surface area contributed by atoms with Gasteiger partial charge in [-0.15, -0.1) is 0 Å². The highest BCUT2D eigenvalue weighted by Gasteiger charge is 2.53. The molecule has 0 aromatic heterocycles. The van der Waals surface area contributed by atoms with E-state index in [-0.39, 0.29) is 5.91 Å². The van der Waals surface area contributed by atoms with E-state index in [0.29, 0.717) is 5.41 Å². The average Bonchev–Trinajstić information content (AvgIpc) is 2.61. The van der Waals surface area contributed by atoms with Gasteiger partial charge in [0, 0.05) is 23.8 Å². The number of amidine groups is 1. The summed E-state index contributed by atoms with van der Waals surface area (Å²) in [6, 6.07) is 7.60. The third-order valence-corrected chi connectivity index (χ3v) is 7.55. The van der Waals surface area contributed by atoms with Gasteiger partial charge < -0.3 is 5.32 Å². The summed E-state index contributed by atoms with van der Waals surface area (Å²) in [6.07, 6.45) is 8.45. The molecule has 6 heteroatoms. The van der Waals surface area contributed by atoms with E-state index in [1.54, 1.807) is 11.8 Å². The smallest absolute Gasteiger partial charge is 0.221 e. The predicted octanol–water partition coefficient (Wildman–Crippen LogP) is 4.54. The number of carbonyl (C=O) groups excluding carboxylic acids is 1. The number of hydrazone groups is 1. The number of benzene rings is 1. The maximum absolute atomic E-state index is 11.2. The van der Waals surface area contributed by atoms with Crippen LogP contribution in [0.4, 0.5) is 11.4 Å². The summed E-state index contributed by atoms with van der Waals surface area (Å²) in [5.74, 6) is 3.69. The minimum absolute atomic E-state index is 0.0743. The van der Waals surface area contributed by atoms with Crippen LogP contribution >= 0.6 is 11.8 Å². The Balaban J connectivity index is 1.32. The summed E-state index contributed by atoms with van der Waals surface area (Å²) in [4.78, 5) is 15.9. The minimum atomic E-state index is -0.0743. The lowest BCUT2D eigenvalue weighted by molar-refractivity contribution is -0.114. The molecule has 0 unspecified atom stereocenters. The molecule has 6 rings (SSSR count). The molecule has 4 aliphatic carbocycles. The lowest BCUT2D eigenvalue weighted by Gasteiger charge is -2.57. The van der Waals surface area contributed by atoms with Crippen molar-refractivity contribution in [2.75, 3.05) is 11.1 Å². The summed E-state index contributed by atoms with van der Waals surface area (Å²) in [6.45, 7) is 1.51. The number of nitrogens with one attached hydrogen (secondary N) is 2. The van der Waals surface area contributed by atoms with Crippen molar-refractivity contribution in [1.29, 1.82) is 0 Å². The molecule has 0 saturated heterocycles. The molecule has 5 nitrogen and oxygen atoms in total. The molecule has 4 saturated carbocycles. The van der Waals surface area contributed by atoms with Gasteiger partial charge >= 0.3 is 0 Å². The SMILES string of the molecule is CC(=O)Nc1cccc(N=C2NN=C(C34CC5CC(CC(C5)C3)C4)CS2)c1. The standard InChI is InChI=1S/C21H26N4OS/c1-13(26)22-17-3-2-4-18(8-17)23-20-25-24-19(12-27-20)21-9-14-5-15(10-21)7-16(6-14)11-21/h2-4,8,14-16H,5-7,9-12H2,1H3,(H,22,26)(H,23,25). The van der Waals surface area contributed by atoms with Crippen LogP contribution in [0.25, 0.3) is 0 Å². The quantitative estimate of drug-likeness (QED) is 0.806. The van der Waals surface area contributed by atoms with Gasteiger partial charge in [0.25, 0.3) is 0 Å². The lowest BCUT2D eigenvalue weighted by atomic mass is 9.48. The van der Waals surface area contributed by atoms with Gasteiger partial charge in [0.1, 0.15) is 0 Å². The summed E-state index contributed by atoms with van der Waals surface area (Å²) in [7, 11) is 0. The molecular formula is C21H26N4OS. The second-order valence-electron chi connectivity index (χ2n) is 8.81. The third kappa shape index (κ3) is 3.40. The first-order valence-corrected chi connectivity index (χ1v) is 11.0. The van der Waals surface area contributed by atoms with Crippen LogP contribution < -0.4 is 10.7 Å². The number of nitrogens with zero attached hydrogens (tertiary/aromatic N) is 2. The molecule has 1 aromatic carbocycles. The fraction of sp³-hybridized carbons (Fsp3) is 0.571. The third-order valence-electron chi connectivity index (χ3n) is 6.68. The van der Waals surface area contributed by atoms with Crippen molar-refractivity contribution in [3.8, 4) is 0 Å². The Labute approximate surface area is 164 Å². The molecule has 1 aliphatic heterocycles. The lowest BCUT2D eigenvalue weighted by Crippen LogP contribution is -2.51. The van der Waals surface area contributed by atoms with Gasteiger partial charge in [-0.25, -0.2) is 4.99 Å². The second-order valence-corrected chi connectivity index (χ2v) is 9.77. The van der Waals surface area contributed by atoms with Crippen LogP contribution in [0, 0.1) is 23.2 Å². The van der Waals surface area contributed by atoms with E-state index in [0.717, 1.165) is 40.0 Å². The number of anilines is 1. The number of hydrogen-bond donors (Lipinski definition) is 2. The van der Waals surface area contributed by atoms with Crippen molar-refractivity contribution >= 4 is 39.9 Å². The van der Waals surface area contributed by atoms with Gasteiger partial charge in [0.2, 0.25) is 5.91 Å². The van der Waals surface area contributed by atoms with E-state index < -0.39 is 0 Å². The van der Waals surface area contributed by atoms with Crippen LogP contribution in [0.1, 0.15) is 45.4 Å². The van der Waals surface area contributed by atoms with Gasteiger partial charge in [-0.3, -0.25) is 10.2 Å². The number of thioether (sulfide) groups is 1. The maximum atomic E-state index is 11.2. The molecule has 1 heterocycles. The molecule has 2 N–H and O–H groups in total. The summed E-state index contributed by atoms with van der Waals surface area (Å²) >= 11 is 1.76. The fourth-order valence-electron chi connectivity index (χ4n) is 6.08. The van der Waals surface area contributed by atoms with Crippen LogP contribution in [0.5, 0.6) is 0 Å². The van der Waals surface area contributed by atoms with Gasteiger partial charge in [-0.1, -0.05) is 17.8 Å². The Morgan fingerprint density at radius 1 is 1.22 bits per heavy atom. The molecule has 5 aliphatic rings. The molecule has 4 bridgehead atoms. The van der Waals surface area contributed by atoms with Gasteiger partial charge in [0.05, 0.1) is 11.4 Å². The highest BCUT2D eigenvalue weighted by molar-refractivity contribution is 8.14. The Hall–Kier alpha value is -1.82. The van der Waals surface area contributed by atoms with Gasteiger partial charge in [-0.2, -0.15) is 5.10 Å². The van der Waals surface area contributed by atoms with Crippen LogP contribution in [-0.4, -0.2) is 22.5 Å². The molecule has 4 fully saturated rings. The summed E-state index contributed by atoms with van der Waals surface area (Å²) in [5, 5.41) is 8.45. The van der Waals surface area contributed by atoms with E-state index in [1.807, 2.05) is 24.3 Å². The molecule has 0 spiro atoms. The highest BCUT2D eigenvalue weighted by Crippen LogP contribution is 2.60. The highest BCUT2D eigenvalue weighted by atomic mass is 32.2. The van der Waals surface area contributed by atoms with E-state index >= 15 is 0 Å². The minimum Gasteiger partial charge on any atom is -0.326 e. The number of amides is 1. The Bertz CT molecular complexity index is 796. The van der Waals surface area contributed by atoms with Crippen molar-refractivity contribution in [2.24, 2.45) is 33.3 Å². The summed E-state index contributed by atoms with van der Waals surface area (Å²) in [5.41, 5.74) is 6.55. The van der Waals surface area contributed by atoms with E-state index in [2.05, 4.69) is 15.7 Å². The Kier molecular flexibility index (Phi) is 4.26. The topological polar surface area (TPSA) is 65.8 Å². The van der Waals surface area contributed by atoms with E-state index in [9.17, 15) is 4.79 Å². The average molecular weight is 383 g/mol. The van der Waals surface area contributed by atoms with Crippen LogP contribution in [0.3, 0.4) is 0 Å². The number of aliphatic imine (C=N–C) groups is 1. The molecule has 0 atom stereocenters. The van der Waals surface area contributed by atoms with Crippen LogP contribution in [0.15, 0.2) is 34.4 Å². The predicted molar refractivity (Wildman–Crippen MR) is 111 cm³/mol. The van der Waals surface area contributed by atoms with Crippen LogP contribution in [0.2, 0.25) is 0 Å². The first-order valence-electron chi connectivity index (χ1n) is 10.0. The van der Waals surface area contributed by atoms with Crippen molar-refractivity contribution in [1.82, 2.24) is 5.43 Å². The van der Waals surface area contributed by atoms with Gasteiger partial charge in [0.15, 0.2) is 5.17 Å². The molecule has 1 aromatic rings. The number of hydrogen-bond acceptors (Lipinski definition) is 4. The zero-order valence-corrected chi connectivity index (χ0v) is 16.5. The number of carbonyl (C=O) groups is 1. The molecule has 1 amide bonds. The van der Waals surface area contributed by atoms with Gasteiger partial charge in [-0.05, 0) is 74.5 Å². The Morgan fingerprint density at radius 2 is 1.93 bits per heavy atom. The second kappa shape index (κ2) is 6.66. The van der Waals surface area contributed by atoms with E-state index in [4.69, 9.17) is 5.10 Å². The molecule has 0 radical (unpaired) electrons. The molecule has 142 valence electrons. The zero-order valence-electron chi connectivity index (χ0n) is 15.7. The zero-order chi connectivity index (χ0) is 18.4. The maximum Gasteiger partial charge on any atom is 0.221 e. The van der Waals surface area contributed by atoms with Crippen molar-refractivity contribution in [3.05, 3.63) is 24.3 Å². The largest absolute Gasteiger partial charge is 0.326 e. The molecule has 27 heavy (non-hydrogen) atoms. The van der Waals surface area contributed by atoms with E-state index in [1.165, 1.54) is 51.2 Å². The number of rotatable bonds is 3. The molecular weight excluding hydrogens is 356 g/mol. The van der Waals surface area contributed by atoms with Crippen molar-refractivity contribution in [3.63, 3.8) is 0 Å². The van der Waals surface area contributed by atoms with Crippen LogP contribution in [-0.2, 0) is 4.79 Å². The summed E-state index contributed by atoms with van der Waals surface area (Å²) < 4.78 is 0. The van der Waals surface area contributed by atoms with Crippen molar-refractivity contribution in [2.45, 2.75) is 45.4 Å². The monoisotopic (exact) mass is 382 g/mol.